The topological polar surface area (TPSA) is 73.3 Å². The van der Waals surface area contributed by atoms with Crippen LogP contribution in [0.1, 0.15) is 10.4 Å². The number of aromatic nitrogens is 2. The standard InChI is InChI=1S/C21H17N3O3S/c1-26-15-6-7-16(18(11-15)27-2)20(25)23-14-5-3-4-13(10-14)21-24-17-12-22-9-8-19(17)28-21/h3-12H,1-2H3,(H,23,25). The molecule has 2 aromatic carbocycles. The van der Waals surface area contributed by atoms with Gasteiger partial charge in [0.1, 0.15) is 22.0 Å². The predicted molar refractivity (Wildman–Crippen MR) is 110 cm³/mol. The second-order valence-electron chi connectivity index (χ2n) is 5.96. The highest BCUT2D eigenvalue weighted by Crippen LogP contribution is 2.31. The first-order valence-corrected chi connectivity index (χ1v) is 9.34. The molecule has 7 heteroatoms. The number of nitrogens with one attached hydrogen (secondary N) is 1. The van der Waals surface area contributed by atoms with E-state index in [-0.39, 0.29) is 5.91 Å². The minimum Gasteiger partial charge on any atom is -0.497 e. The molecule has 4 rings (SSSR count). The zero-order valence-corrected chi connectivity index (χ0v) is 16.1. The second-order valence-corrected chi connectivity index (χ2v) is 6.99. The van der Waals surface area contributed by atoms with Crippen LogP contribution in [0.4, 0.5) is 5.69 Å². The van der Waals surface area contributed by atoms with Crippen LogP contribution < -0.4 is 14.8 Å². The van der Waals surface area contributed by atoms with Gasteiger partial charge in [-0.3, -0.25) is 9.78 Å². The van der Waals surface area contributed by atoms with Gasteiger partial charge in [-0.1, -0.05) is 12.1 Å². The first-order chi connectivity index (χ1) is 13.7. The molecule has 0 fully saturated rings. The highest BCUT2D eigenvalue weighted by molar-refractivity contribution is 7.21. The van der Waals surface area contributed by atoms with E-state index >= 15 is 0 Å². The Morgan fingerprint density at radius 2 is 1.96 bits per heavy atom. The molecule has 1 amide bonds. The van der Waals surface area contributed by atoms with Crippen molar-refractivity contribution >= 4 is 33.1 Å². The molecule has 0 aliphatic rings. The fourth-order valence-corrected chi connectivity index (χ4v) is 3.75. The summed E-state index contributed by atoms with van der Waals surface area (Å²) < 4.78 is 11.6. The van der Waals surface area contributed by atoms with Gasteiger partial charge in [-0.15, -0.1) is 11.3 Å². The number of nitrogens with zero attached hydrogens (tertiary/aromatic N) is 2. The smallest absolute Gasteiger partial charge is 0.259 e. The Kier molecular flexibility index (Phi) is 4.90. The molecule has 0 unspecified atom stereocenters. The number of benzene rings is 2. The molecule has 0 saturated carbocycles. The third-order valence-electron chi connectivity index (χ3n) is 4.21. The van der Waals surface area contributed by atoms with Gasteiger partial charge in [0, 0.05) is 23.5 Å². The maximum atomic E-state index is 12.7. The van der Waals surface area contributed by atoms with Crippen LogP contribution in [0.2, 0.25) is 0 Å². The van der Waals surface area contributed by atoms with Gasteiger partial charge in [-0.2, -0.15) is 0 Å². The van der Waals surface area contributed by atoms with Crippen LogP contribution in [0.3, 0.4) is 0 Å². The van der Waals surface area contributed by atoms with Crippen molar-refractivity contribution in [2.24, 2.45) is 0 Å². The number of ether oxygens (including phenoxy) is 2. The summed E-state index contributed by atoms with van der Waals surface area (Å²) in [5, 5.41) is 3.80. The number of hydrogen-bond donors (Lipinski definition) is 1. The highest BCUT2D eigenvalue weighted by Gasteiger charge is 2.14. The Morgan fingerprint density at radius 3 is 2.75 bits per heavy atom. The Morgan fingerprint density at radius 1 is 1.07 bits per heavy atom. The molecule has 140 valence electrons. The Bertz CT molecular complexity index is 1120. The zero-order valence-electron chi connectivity index (χ0n) is 15.3. The van der Waals surface area contributed by atoms with Crippen molar-refractivity contribution in [2.45, 2.75) is 0 Å². The fourth-order valence-electron chi connectivity index (χ4n) is 2.82. The number of carbonyl (C=O) groups is 1. The van der Waals surface area contributed by atoms with Crippen molar-refractivity contribution < 1.29 is 14.3 Å². The van der Waals surface area contributed by atoms with E-state index < -0.39 is 0 Å². The predicted octanol–water partition coefficient (Wildman–Crippen LogP) is 4.63. The van der Waals surface area contributed by atoms with Crippen molar-refractivity contribution in [2.75, 3.05) is 19.5 Å². The summed E-state index contributed by atoms with van der Waals surface area (Å²) in [5.74, 6) is 0.817. The van der Waals surface area contributed by atoms with Crippen LogP contribution in [0, 0.1) is 0 Å². The van der Waals surface area contributed by atoms with Crippen LogP contribution in [0.5, 0.6) is 11.5 Å². The lowest BCUT2D eigenvalue weighted by Gasteiger charge is -2.11. The number of amides is 1. The van der Waals surface area contributed by atoms with E-state index in [0.29, 0.717) is 22.7 Å². The Labute approximate surface area is 165 Å². The number of hydrogen-bond acceptors (Lipinski definition) is 6. The molecule has 6 nitrogen and oxygen atoms in total. The zero-order chi connectivity index (χ0) is 19.5. The fraction of sp³-hybridized carbons (Fsp3) is 0.0952. The average molecular weight is 391 g/mol. The first kappa shape index (κ1) is 17.9. The number of anilines is 1. The van der Waals surface area contributed by atoms with Crippen LogP contribution in [0.15, 0.2) is 60.9 Å². The molecule has 0 saturated heterocycles. The molecule has 0 aliphatic heterocycles. The largest absolute Gasteiger partial charge is 0.497 e. The number of thiazole rings is 1. The van der Waals surface area contributed by atoms with E-state index in [1.54, 1.807) is 49.0 Å². The summed E-state index contributed by atoms with van der Waals surface area (Å²) >= 11 is 1.59. The molecule has 0 bridgehead atoms. The molecule has 1 N–H and O–H groups in total. The summed E-state index contributed by atoms with van der Waals surface area (Å²) in [4.78, 5) is 21.5. The Balaban J connectivity index is 1.61. The van der Waals surface area contributed by atoms with Gasteiger partial charge in [0.05, 0.1) is 30.7 Å². The minimum atomic E-state index is -0.259. The minimum absolute atomic E-state index is 0.259. The lowest BCUT2D eigenvalue weighted by molar-refractivity contribution is 0.102. The van der Waals surface area contributed by atoms with E-state index in [4.69, 9.17) is 9.47 Å². The molecule has 4 aromatic rings. The van der Waals surface area contributed by atoms with Crippen molar-refractivity contribution in [1.29, 1.82) is 0 Å². The summed E-state index contributed by atoms with van der Waals surface area (Å²) in [5.41, 5.74) is 2.90. The van der Waals surface area contributed by atoms with Crippen molar-refractivity contribution in [3.63, 3.8) is 0 Å². The molecular formula is C21H17N3O3S. The van der Waals surface area contributed by atoms with Crippen LogP contribution in [-0.4, -0.2) is 30.1 Å². The maximum Gasteiger partial charge on any atom is 0.259 e. The van der Waals surface area contributed by atoms with Crippen molar-refractivity contribution in [3.05, 3.63) is 66.5 Å². The van der Waals surface area contributed by atoms with Gasteiger partial charge < -0.3 is 14.8 Å². The average Bonchev–Trinajstić information content (AvgIpc) is 3.17. The number of fused-ring (bicyclic) bond motifs is 1. The quantitative estimate of drug-likeness (QED) is 0.537. The molecule has 0 spiro atoms. The van der Waals surface area contributed by atoms with Gasteiger partial charge in [0.25, 0.3) is 5.91 Å². The SMILES string of the molecule is COc1ccc(C(=O)Nc2cccc(-c3nc4cnccc4s3)c2)c(OC)c1. The van der Waals surface area contributed by atoms with Crippen molar-refractivity contribution in [1.82, 2.24) is 9.97 Å². The van der Waals surface area contributed by atoms with Gasteiger partial charge in [-0.05, 0) is 30.3 Å². The molecule has 2 aromatic heterocycles. The number of methoxy groups -OCH3 is 2. The third kappa shape index (κ3) is 3.52. The summed E-state index contributed by atoms with van der Waals surface area (Å²) in [6.45, 7) is 0. The molecule has 28 heavy (non-hydrogen) atoms. The summed E-state index contributed by atoms with van der Waals surface area (Å²) in [6.07, 6.45) is 3.50. The van der Waals surface area contributed by atoms with Gasteiger partial charge >= 0.3 is 0 Å². The maximum absolute atomic E-state index is 12.7. The highest BCUT2D eigenvalue weighted by atomic mass is 32.1. The normalized spacial score (nSPS) is 10.6. The molecular weight excluding hydrogens is 374 g/mol. The van der Waals surface area contributed by atoms with Gasteiger partial charge in [-0.25, -0.2) is 4.98 Å². The van der Waals surface area contributed by atoms with Gasteiger partial charge in [0.2, 0.25) is 0 Å². The third-order valence-corrected chi connectivity index (χ3v) is 5.30. The second kappa shape index (κ2) is 7.66. The lowest BCUT2D eigenvalue weighted by atomic mass is 10.1. The van der Waals surface area contributed by atoms with E-state index in [1.807, 2.05) is 30.3 Å². The Hall–Kier alpha value is -3.45. The van der Waals surface area contributed by atoms with Crippen LogP contribution in [0.25, 0.3) is 20.8 Å². The molecule has 0 radical (unpaired) electrons. The molecule has 0 aliphatic carbocycles. The number of pyridine rings is 1. The lowest BCUT2D eigenvalue weighted by Crippen LogP contribution is -2.13. The van der Waals surface area contributed by atoms with Crippen LogP contribution >= 0.6 is 11.3 Å². The molecule has 0 atom stereocenters. The van der Waals surface area contributed by atoms with Crippen molar-refractivity contribution in [3.8, 4) is 22.1 Å². The summed E-state index contributed by atoms with van der Waals surface area (Å²) in [7, 11) is 3.09. The molecule has 2 heterocycles. The first-order valence-electron chi connectivity index (χ1n) is 8.52. The number of carbonyl (C=O) groups excluding carboxylic acids is 1. The van der Waals surface area contributed by atoms with Crippen LogP contribution in [-0.2, 0) is 0 Å². The van der Waals surface area contributed by atoms with Gasteiger partial charge in [0.15, 0.2) is 0 Å². The van der Waals surface area contributed by atoms with E-state index in [1.165, 1.54) is 7.11 Å². The van der Waals surface area contributed by atoms with E-state index in [0.717, 1.165) is 20.8 Å². The summed E-state index contributed by atoms with van der Waals surface area (Å²) in [6, 6.07) is 14.6. The number of rotatable bonds is 5. The van der Waals surface area contributed by atoms with E-state index in [9.17, 15) is 4.79 Å². The van der Waals surface area contributed by atoms with E-state index in [2.05, 4.69) is 15.3 Å². The monoisotopic (exact) mass is 391 g/mol.